The Labute approximate surface area is 93.8 Å². The molecule has 3 nitrogen and oxygen atoms in total. The summed E-state index contributed by atoms with van der Waals surface area (Å²) in [5, 5.41) is 2.74. The maximum Gasteiger partial charge on any atom is 0.228 e. The Morgan fingerprint density at radius 1 is 1.44 bits per heavy atom. The number of nitrogens with one attached hydrogen (secondary N) is 1. The summed E-state index contributed by atoms with van der Waals surface area (Å²) < 4.78 is 13.4. The number of anilines is 1. The van der Waals surface area contributed by atoms with Gasteiger partial charge in [0.1, 0.15) is 5.82 Å². The standard InChI is InChI=1S/C12H15FN2O/c1-6(2)11(14)9-5-8(13)3-7-4-10(16)15-12(7)9/h3,5-6,11H,4,14H2,1-2H3,(H,15,16). The number of benzene rings is 1. The predicted molar refractivity (Wildman–Crippen MR) is 60.5 cm³/mol. The third-order valence-corrected chi connectivity index (χ3v) is 2.91. The third-order valence-electron chi connectivity index (χ3n) is 2.91. The number of carbonyl (C=O) groups is 1. The van der Waals surface area contributed by atoms with Crippen molar-refractivity contribution in [2.24, 2.45) is 11.7 Å². The second-order valence-corrected chi connectivity index (χ2v) is 4.52. The highest BCUT2D eigenvalue weighted by atomic mass is 19.1. The molecule has 2 rings (SSSR count). The van der Waals surface area contributed by atoms with E-state index in [1.54, 1.807) is 0 Å². The fourth-order valence-electron chi connectivity index (χ4n) is 1.96. The minimum absolute atomic E-state index is 0.0993. The lowest BCUT2D eigenvalue weighted by molar-refractivity contribution is -0.115. The maximum absolute atomic E-state index is 13.4. The molecule has 1 amide bonds. The zero-order valence-electron chi connectivity index (χ0n) is 9.38. The number of carbonyl (C=O) groups excluding carboxylic acids is 1. The van der Waals surface area contributed by atoms with Gasteiger partial charge in [0.05, 0.1) is 6.42 Å². The quantitative estimate of drug-likeness (QED) is 0.803. The number of rotatable bonds is 2. The molecule has 4 heteroatoms. The van der Waals surface area contributed by atoms with E-state index in [9.17, 15) is 9.18 Å². The van der Waals surface area contributed by atoms with Crippen molar-refractivity contribution in [3.63, 3.8) is 0 Å². The Kier molecular flexibility index (Phi) is 2.68. The van der Waals surface area contributed by atoms with Crippen LogP contribution in [0, 0.1) is 11.7 Å². The molecule has 0 bridgehead atoms. The van der Waals surface area contributed by atoms with Gasteiger partial charge in [0, 0.05) is 11.7 Å². The zero-order valence-corrected chi connectivity index (χ0v) is 9.38. The highest BCUT2D eigenvalue weighted by Crippen LogP contribution is 2.34. The van der Waals surface area contributed by atoms with Crippen molar-refractivity contribution >= 4 is 11.6 Å². The van der Waals surface area contributed by atoms with Crippen molar-refractivity contribution < 1.29 is 9.18 Å². The van der Waals surface area contributed by atoms with Gasteiger partial charge in [0.25, 0.3) is 0 Å². The molecule has 86 valence electrons. The number of fused-ring (bicyclic) bond motifs is 1. The summed E-state index contributed by atoms with van der Waals surface area (Å²) in [6, 6.07) is 2.54. The Bertz CT molecular complexity index is 443. The van der Waals surface area contributed by atoms with Gasteiger partial charge >= 0.3 is 0 Å². The van der Waals surface area contributed by atoms with Crippen molar-refractivity contribution in [3.8, 4) is 0 Å². The van der Waals surface area contributed by atoms with Gasteiger partial charge in [-0.25, -0.2) is 4.39 Å². The van der Waals surface area contributed by atoms with Crippen LogP contribution >= 0.6 is 0 Å². The molecule has 0 aromatic heterocycles. The average molecular weight is 222 g/mol. The lowest BCUT2D eigenvalue weighted by atomic mass is 9.94. The van der Waals surface area contributed by atoms with E-state index in [1.165, 1.54) is 12.1 Å². The van der Waals surface area contributed by atoms with Crippen LogP contribution in [-0.4, -0.2) is 5.91 Å². The summed E-state index contributed by atoms with van der Waals surface area (Å²) in [5.74, 6) is -0.234. The fraction of sp³-hybridized carbons (Fsp3) is 0.417. The second kappa shape index (κ2) is 3.87. The van der Waals surface area contributed by atoms with E-state index in [0.29, 0.717) is 16.8 Å². The molecule has 0 spiro atoms. The first kappa shape index (κ1) is 11.1. The fourth-order valence-corrected chi connectivity index (χ4v) is 1.96. The van der Waals surface area contributed by atoms with Gasteiger partial charge in [0.15, 0.2) is 0 Å². The van der Waals surface area contributed by atoms with Crippen molar-refractivity contribution in [1.82, 2.24) is 0 Å². The van der Waals surface area contributed by atoms with Gasteiger partial charge in [-0.15, -0.1) is 0 Å². The largest absolute Gasteiger partial charge is 0.325 e. The number of nitrogens with two attached hydrogens (primary N) is 1. The van der Waals surface area contributed by atoms with Crippen LogP contribution in [0.4, 0.5) is 10.1 Å². The van der Waals surface area contributed by atoms with Crippen molar-refractivity contribution in [2.45, 2.75) is 26.3 Å². The number of halogens is 1. The van der Waals surface area contributed by atoms with Crippen LogP contribution in [0.15, 0.2) is 12.1 Å². The number of amides is 1. The molecule has 0 saturated heterocycles. The van der Waals surface area contributed by atoms with Gasteiger partial charge < -0.3 is 11.1 Å². The molecule has 1 heterocycles. The normalized spacial score (nSPS) is 16.2. The monoisotopic (exact) mass is 222 g/mol. The first-order valence-electron chi connectivity index (χ1n) is 5.36. The number of hydrogen-bond donors (Lipinski definition) is 2. The first-order valence-corrected chi connectivity index (χ1v) is 5.36. The van der Waals surface area contributed by atoms with Crippen LogP contribution in [0.2, 0.25) is 0 Å². The van der Waals surface area contributed by atoms with E-state index < -0.39 is 0 Å². The molecule has 0 saturated carbocycles. The molecule has 0 radical (unpaired) electrons. The number of hydrogen-bond acceptors (Lipinski definition) is 2. The smallest absolute Gasteiger partial charge is 0.228 e. The van der Waals surface area contributed by atoms with Crippen LogP contribution in [0.1, 0.15) is 31.0 Å². The van der Waals surface area contributed by atoms with E-state index >= 15 is 0 Å². The lowest BCUT2D eigenvalue weighted by Gasteiger charge is -2.19. The molecule has 1 aliphatic heterocycles. The van der Waals surface area contributed by atoms with Gasteiger partial charge in [-0.3, -0.25) is 4.79 Å². The SMILES string of the molecule is CC(C)C(N)c1cc(F)cc2c1NC(=O)C2. The highest BCUT2D eigenvalue weighted by molar-refractivity contribution is 6.00. The predicted octanol–water partition coefficient (Wildman–Crippen LogP) is 1.98. The highest BCUT2D eigenvalue weighted by Gasteiger charge is 2.25. The van der Waals surface area contributed by atoms with E-state index in [2.05, 4.69) is 5.32 Å². The molecule has 16 heavy (non-hydrogen) atoms. The maximum atomic E-state index is 13.4. The Hall–Kier alpha value is -1.42. The molecule has 1 aliphatic rings. The molecule has 1 unspecified atom stereocenters. The van der Waals surface area contributed by atoms with Gasteiger partial charge in [-0.2, -0.15) is 0 Å². The molecule has 0 aliphatic carbocycles. The summed E-state index contributed by atoms with van der Waals surface area (Å²) in [6.07, 6.45) is 0.241. The van der Waals surface area contributed by atoms with Crippen LogP contribution in [0.5, 0.6) is 0 Å². The zero-order chi connectivity index (χ0) is 11.9. The van der Waals surface area contributed by atoms with E-state index in [1.807, 2.05) is 13.8 Å². The molecule has 1 atom stereocenters. The summed E-state index contributed by atoms with van der Waals surface area (Å²) in [7, 11) is 0. The summed E-state index contributed by atoms with van der Waals surface area (Å²) in [6.45, 7) is 3.94. The van der Waals surface area contributed by atoms with Gasteiger partial charge in [-0.1, -0.05) is 13.8 Å². The molecular formula is C12H15FN2O. The van der Waals surface area contributed by atoms with Crippen LogP contribution in [0.25, 0.3) is 0 Å². The van der Waals surface area contributed by atoms with Crippen molar-refractivity contribution in [2.75, 3.05) is 5.32 Å². The Morgan fingerprint density at radius 2 is 2.12 bits per heavy atom. The van der Waals surface area contributed by atoms with E-state index in [-0.39, 0.29) is 30.1 Å². The third kappa shape index (κ3) is 1.80. The van der Waals surface area contributed by atoms with E-state index in [0.717, 1.165) is 0 Å². The average Bonchev–Trinajstić information content (AvgIpc) is 2.55. The van der Waals surface area contributed by atoms with Crippen LogP contribution in [-0.2, 0) is 11.2 Å². The van der Waals surface area contributed by atoms with Crippen molar-refractivity contribution in [1.29, 1.82) is 0 Å². The lowest BCUT2D eigenvalue weighted by Crippen LogP contribution is -2.18. The topological polar surface area (TPSA) is 55.1 Å². The van der Waals surface area contributed by atoms with E-state index in [4.69, 9.17) is 5.73 Å². The Balaban J connectivity index is 2.50. The molecular weight excluding hydrogens is 207 g/mol. The second-order valence-electron chi connectivity index (χ2n) is 4.52. The van der Waals surface area contributed by atoms with Crippen LogP contribution < -0.4 is 11.1 Å². The Morgan fingerprint density at radius 3 is 2.75 bits per heavy atom. The summed E-state index contributed by atoms with van der Waals surface area (Å²) in [5.41, 5.74) is 8.10. The molecule has 1 aromatic carbocycles. The van der Waals surface area contributed by atoms with Gasteiger partial charge in [0.2, 0.25) is 5.91 Å². The molecule has 0 fully saturated rings. The van der Waals surface area contributed by atoms with Gasteiger partial charge in [-0.05, 0) is 29.2 Å². The molecule has 3 N–H and O–H groups in total. The first-order chi connectivity index (χ1) is 7.49. The minimum Gasteiger partial charge on any atom is -0.325 e. The van der Waals surface area contributed by atoms with Crippen molar-refractivity contribution in [3.05, 3.63) is 29.1 Å². The summed E-state index contributed by atoms with van der Waals surface area (Å²) in [4.78, 5) is 11.3. The molecule has 1 aromatic rings. The minimum atomic E-state index is -0.332. The van der Waals surface area contributed by atoms with Crippen LogP contribution in [0.3, 0.4) is 0 Å². The summed E-state index contributed by atoms with van der Waals surface area (Å²) >= 11 is 0.